The van der Waals surface area contributed by atoms with Crippen LogP contribution in [0.25, 0.3) is 0 Å². The molecule has 6 heteroatoms. The number of carbonyl (C=O) groups is 2. The molecule has 1 aliphatic heterocycles. The van der Waals surface area contributed by atoms with Crippen LogP contribution in [0.15, 0.2) is 48.5 Å². The molecule has 4 nitrogen and oxygen atoms in total. The fourth-order valence-electron chi connectivity index (χ4n) is 4.79. The molecule has 4 rings (SSSR count). The summed E-state index contributed by atoms with van der Waals surface area (Å²) in [4.78, 5) is 29.1. The zero-order valence-electron chi connectivity index (χ0n) is 18.8. The van der Waals surface area contributed by atoms with E-state index < -0.39 is 5.54 Å². The van der Waals surface area contributed by atoms with Gasteiger partial charge in [-0.25, -0.2) is 0 Å². The average Bonchev–Trinajstić information content (AvgIpc) is 2.80. The Kier molecular flexibility index (Phi) is 7.16. The summed E-state index contributed by atoms with van der Waals surface area (Å²) in [5.74, 6) is 1.11. The molecule has 2 aliphatic rings. The third-order valence-electron chi connectivity index (χ3n) is 6.62. The number of hydrogen-bond acceptors (Lipinski definition) is 3. The monoisotopic (exact) mass is 470 g/mol. The van der Waals surface area contributed by atoms with Crippen molar-refractivity contribution >= 4 is 40.9 Å². The molecular weight excluding hydrogens is 440 g/mol. The van der Waals surface area contributed by atoms with Crippen LogP contribution in [0.3, 0.4) is 0 Å². The molecule has 0 bridgehead atoms. The smallest absolute Gasteiger partial charge is 0.252 e. The Morgan fingerprint density at radius 1 is 1.06 bits per heavy atom. The first-order valence-electron chi connectivity index (χ1n) is 11.5. The van der Waals surface area contributed by atoms with Crippen LogP contribution >= 0.6 is 23.4 Å². The molecule has 0 unspecified atom stereocenters. The zero-order chi connectivity index (χ0) is 22.7. The standard InChI is InChI=1S/C26H31ClN2O2S/c1-18(2)19-8-14-23(15-9-19)29-24(30)16-32-17-26(29,20-10-12-21(27)13-11-20)25(31)28-22-6-4-3-5-7-22/h8-15,18,22H,3-7,16-17H2,1-2H3,(H,28,31)/t26-/m1/s1. The third-order valence-corrected chi connectivity index (χ3v) is 7.95. The Hall–Kier alpha value is -1.98. The molecule has 32 heavy (non-hydrogen) atoms. The van der Waals surface area contributed by atoms with E-state index in [0.29, 0.717) is 22.4 Å². The van der Waals surface area contributed by atoms with Crippen LogP contribution < -0.4 is 10.2 Å². The first-order valence-corrected chi connectivity index (χ1v) is 13.0. The minimum Gasteiger partial charge on any atom is -0.351 e. The van der Waals surface area contributed by atoms with Gasteiger partial charge in [-0.3, -0.25) is 14.5 Å². The van der Waals surface area contributed by atoms with Crippen LogP contribution in [0.5, 0.6) is 0 Å². The van der Waals surface area contributed by atoms with Crippen LogP contribution in [-0.4, -0.2) is 29.4 Å². The highest BCUT2D eigenvalue weighted by Gasteiger charge is 2.51. The van der Waals surface area contributed by atoms with Gasteiger partial charge in [0.1, 0.15) is 0 Å². The lowest BCUT2D eigenvalue weighted by Gasteiger charge is -2.46. The number of thioether (sulfide) groups is 1. The molecule has 1 atom stereocenters. The maximum Gasteiger partial charge on any atom is 0.252 e. The quantitative estimate of drug-likeness (QED) is 0.592. The van der Waals surface area contributed by atoms with E-state index in [0.717, 1.165) is 36.9 Å². The van der Waals surface area contributed by atoms with Crippen molar-refractivity contribution in [3.8, 4) is 0 Å². The van der Waals surface area contributed by atoms with Crippen molar-refractivity contribution in [1.29, 1.82) is 0 Å². The number of nitrogens with one attached hydrogen (secondary N) is 1. The number of hydrogen-bond donors (Lipinski definition) is 1. The van der Waals surface area contributed by atoms with Gasteiger partial charge in [-0.2, -0.15) is 0 Å². The van der Waals surface area contributed by atoms with E-state index in [2.05, 4.69) is 31.3 Å². The van der Waals surface area contributed by atoms with E-state index in [1.165, 1.54) is 23.7 Å². The summed E-state index contributed by atoms with van der Waals surface area (Å²) in [6, 6.07) is 15.6. The largest absolute Gasteiger partial charge is 0.351 e. The lowest BCUT2D eigenvalue weighted by atomic mass is 9.86. The first kappa shape index (κ1) is 23.2. The summed E-state index contributed by atoms with van der Waals surface area (Å²) in [7, 11) is 0. The molecule has 170 valence electrons. The van der Waals surface area contributed by atoms with Gasteiger partial charge in [0.25, 0.3) is 5.91 Å². The van der Waals surface area contributed by atoms with Crippen LogP contribution in [0.4, 0.5) is 5.69 Å². The number of amides is 2. The van der Waals surface area contributed by atoms with Gasteiger partial charge in [0.05, 0.1) is 5.75 Å². The van der Waals surface area contributed by atoms with Crippen molar-refractivity contribution < 1.29 is 9.59 Å². The second-order valence-corrected chi connectivity index (χ2v) is 10.6. The zero-order valence-corrected chi connectivity index (χ0v) is 20.3. The van der Waals surface area contributed by atoms with Crippen molar-refractivity contribution in [3.05, 3.63) is 64.7 Å². The van der Waals surface area contributed by atoms with Crippen molar-refractivity contribution in [2.45, 2.75) is 63.5 Å². The first-order chi connectivity index (χ1) is 15.4. The third kappa shape index (κ3) is 4.55. The van der Waals surface area contributed by atoms with Crippen LogP contribution in [0.1, 0.15) is 63.0 Å². The molecule has 1 heterocycles. The van der Waals surface area contributed by atoms with Gasteiger partial charge in [0.15, 0.2) is 5.54 Å². The lowest BCUT2D eigenvalue weighted by Crippen LogP contribution is -2.64. The SMILES string of the molecule is CC(C)c1ccc(N2C(=O)CSC[C@]2(C(=O)NC2CCCCC2)c2ccc(Cl)cc2)cc1. The van der Waals surface area contributed by atoms with E-state index in [4.69, 9.17) is 11.6 Å². The van der Waals surface area contributed by atoms with Crippen LogP contribution in [0, 0.1) is 0 Å². The molecule has 0 spiro atoms. The Bertz CT molecular complexity index is 955. The van der Waals surface area contributed by atoms with Crippen molar-refractivity contribution in [2.24, 2.45) is 0 Å². The van der Waals surface area contributed by atoms with Gasteiger partial charge in [-0.15, -0.1) is 11.8 Å². The van der Waals surface area contributed by atoms with Crippen molar-refractivity contribution in [1.82, 2.24) is 5.32 Å². The second kappa shape index (κ2) is 9.88. The van der Waals surface area contributed by atoms with Gasteiger partial charge < -0.3 is 5.32 Å². The molecular formula is C26H31ClN2O2S. The highest BCUT2D eigenvalue weighted by molar-refractivity contribution is 8.00. The van der Waals surface area contributed by atoms with E-state index in [-0.39, 0.29) is 17.9 Å². The summed E-state index contributed by atoms with van der Waals surface area (Å²) >= 11 is 7.69. The predicted molar refractivity (Wildman–Crippen MR) is 133 cm³/mol. The number of carbonyl (C=O) groups excluding carboxylic acids is 2. The molecule has 1 saturated carbocycles. The number of rotatable bonds is 5. The summed E-state index contributed by atoms with van der Waals surface area (Å²) < 4.78 is 0. The van der Waals surface area contributed by atoms with Gasteiger partial charge in [-0.1, -0.05) is 69.0 Å². The van der Waals surface area contributed by atoms with Gasteiger partial charge >= 0.3 is 0 Å². The minimum atomic E-state index is -1.11. The minimum absolute atomic E-state index is 0.0488. The number of halogens is 1. The van der Waals surface area contributed by atoms with Gasteiger partial charge in [0.2, 0.25) is 5.91 Å². The van der Waals surface area contributed by atoms with E-state index in [1.807, 2.05) is 24.3 Å². The molecule has 2 amide bonds. The Morgan fingerprint density at radius 2 is 1.72 bits per heavy atom. The fourth-order valence-corrected chi connectivity index (χ4v) is 6.04. The number of nitrogens with zero attached hydrogens (tertiary/aromatic N) is 1. The lowest BCUT2D eigenvalue weighted by molar-refractivity contribution is -0.130. The van der Waals surface area contributed by atoms with Crippen LogP contribution in [0.2, 0.25) is 5.02 Å². The highest BCUT2D eigenvalue weighted by atomic mass is 35.5. The molecule has 0 radical (unpaired) electrons. The molecule has 1 saturated heterocycles. The summed E-state index contributed by atoms with van der Waals surface area (Å²) in [5, 5.41) is 3.92. The van der Waals surface area contributed by atoms with E-state index in [1.54, 1.807) is 17.0 Å². The molecule has 2 aromatic carbocycles. The average molecular weight is 471 g/mol. The van der Waals surface area contributed by atoms with Gasteiger partial charge in [0, 0.05) is 22.5 Å². The Balaban J connectivity index is 1.80. The number of anilines is 1. The van der Waals surface area contributed by atoms with Crippen molar-refractivity contribution in [2.75, 3.05) is 16.4 Å². The van der Waals surface area contributed by atoms with Gasteiger partial charge in [-0.05, 0) is 54.2 Å². The summed E-state index contributed by atoms with van der Waals surface area (Å²) in [5.41, 5.74) is 1.65. The fraction of sp³-hybridized carbons (Fsp3) is 0.462. The highest BCUT2D eigenvalue weighted by Crippen LogP contribution is 2.41. The molecule has 1 aliphatic carbocycles. The second-order valence-electron chi connectivity index (χ2n) is 9.14. The maximum absolute atomic E-state index is 14.0. The molecule has 2 aromatic rings. The molecule has 2 fully saturated rings. The van der Waals surface area contributed by atoms with E-state index >= 15 is 0 Å². The normalized spacial score (nSPS) is 22.2. The maximum atomic E-state index is 14.0. The van der Waals surface area contributed by atoms with Crippen molar-refractivity contribution in [3.63, 3.8) is 0 Å². The predicted octanol–water partition coefficient (Wildman–Crippen LogP) is 5.89. The Labute approximate surface area is 200 Å². The molecule has 1 N–H and O–H groups in total. The van der Waals surface area contributed by atoms with Crippen LogP contribution in [-0.2, 0) is 15.1 Å². The Morgan fingerprint density at radius 3 is 2.34 bits per heavy atom. The summed E-state index contributed by atoms with van der Waals surface area (Å²) in [6.07, 6.45) is 5.47. The topological polar surface area (TPSA) is 49.4 Å². The number of benzene rings is 2. The molecule has 0 aromatic heterocycles. The summed E-state index contributed by atoms with van der Waals surface area (Å²) in [6.45, 7) is 4.29. The van der Waals surface area contributed by atoms with E-state index in [9.17, 15) is 9.59 Å².